The molecule has 25 heavy (non-hydrogen) atoms. The van der Waals surface area contributed by atoms with E-state index in [1.54, 1.807) is 18.7 Å². The van der Waals surface area contributed by atoms with Crippen LogP contribution in [-0.4, -0.2) is 37.3 Å². The number of aromatic nitrogens is 1. The molecule has 0 radical (unpaired) electrons. The highest BCUT2D eigenvalue weighted by molar-refractivity contribution is 7.92. The molecule has 1 aliphatic rings. The fraction of sp³-hybridized carbons (Fsp3) is 0.353. The minimum atomic E-state index is -4.04. The maximum Gasteiger partial charge on any atom is 0.264 e. The van der Waals surface area contributed by atoms with E-state index in [-0.39, 0.29) is 22.1 Å². The average molecular weight is 365 g/mol. The molecule has 1 aliphatic heterocycles. The fourth-order valence-electron chi connectivity index (χ4n) is 3.19. The molecule has 1 saturated heterocycles. The van der Waals surface area contributed by atoms with Gasteiger partial charge >= 0.3 is 0 Å². The zero-order chi connectivity index (χ0) is 18.2. The van der Waals surface area contributed by atoms with Crippen molar-refractivity contribution in [2.75, 3.05) is 17.8 Å². The maximum absolute atomic E-state index is 13.3. The second-order valence-corrected chi connectivity index (χ2v) is 7.81. The number of benzene rings is 1. The summed E-state index contributed by atoms with van der Waals surface area (Å²) in [4.78, 5) is 17.3. The number of likely N-dealkylation sites (tertiary alicyclic amines) is 1. The number of halogens is 1. The van der Waals surface area contributed by atoms with Crippen molar-refractivity contribution in [3.05, 3.63) is 47.0 Å². The van der Waals surface area contributed by atoms with E-state index in [4.69, 9.17) is 0 Å². The third-order valence-electron chi connectivity index (χ3n) is 4.27. The molecule has 0 saturated carbocycles. The summed E-state index contributed by atoms with van der Waals surface area (Å²) in [5, 5.41) is 0. The molecule has 8 heteroatoms. The number of nitrogens with zero attached hydrogens (tertiary/aromatic N) is 1. The van der Waals surface area contributed by atoms with Crippen molar-refractivity contribution in [3.63, 3.8) is 0 Å². The second-order valence-electron chi connectivity index (χ2n) is 6.19. The van der Waals surface area contributed by atoms with Crippen molar-refractivity contribution < 1.29 is 17.6 Å². The maximum atomic E-state index is 13.3. The number of rotatable bonds is 4. The summed E-state index contributed by atoms with van der Waals surface area (Å²) in [6, 6.07) is 5.19. The van der Waals surface area contributed by atoms with E-state index >= 15 is 0 Å². The van der Waals surface area contributed by atoms with E-state index in [2.05, 4.69) is 9.71 Å². The zero-order valence-corrected chi connectivity index (χ0v) is 14.9. The van der Waals surface area contributed by atoms with Gasteiger partial charge < -0.3 is 9.88 Å². The molecule has 0 unspecified atom stereocenters. The van der Waals surface area contributed by atoms with Gasteiger partial charge in [0.15, 0.2) is 0 Å². The highest BCUT2D eigenvalue weighted by atomic mass is 32.2. The molecule has 6 nitrogen and oxygen atoms in total. The van der Waals surface area contributed by atoms with Crippen molar-refractivity contribution >= 4 is 21.6 Å². The predicted molar refractivity (Wildman–Crippen MR) is 92.6 cm³/mol. The van der Waals surface area contributed by atoms with Crippen molar-refractivity contribution in [1.82, 2.24) is 9.88 Å². The lowest BCUT2D eigenvalue weighted by atomic mass is 10.2. The summed E-state index contributed by atoms with van der Waals surface area (Å²) in [7, 11) is -4.04. The summed E-state index contributed by atoms with van der Waals surface area (Å²) >= 11 is 0. The lowest BCUT2D eigenvalue weighted by molar-refractivity contribution is 0.0788. The molecule has 2 aromatic rings. The van der Waals surface area contributed by atoms with E-state index in [0.717, 1.165) is 18.9 Å². The number of anilines is 1. The van der Waals surface area contributed by atoms with Gasteiger partial charge in [-0.05, 0) is 44.9 Å². The largest absolute Gasteiger partial charge is 0.361 e. The first kappa shape index (κ1) is 17.5. The molecule has 1 aromatic carbocycles. The van der Waals surface area contributed by atoms with Crippen LogP contribution >= 0.6 is 0 Å². The summed E-state index contributed by atoms with van der Waals surface area (Å²) < 4.78 is 41.4. The Morgan fingerprint density at radius 3 is 2.52 bits per heavy atom. The number of carbonyl (C=O) groups is 1. The number of H-pyrrole nitrogens is 1. The Hall–Kier alpha value is -2.35. The van der Waals surface area contributed by atoms with Crippen LogP contribution in [0.1, 0.15) is 34.6 Å². The summed E-state index contributed by atoms with van der Waals surface area (Å²) in [5.74, 6) is -0.838. The Balaban J connectivity index is 2.02. The first-order valence-electron chi connectivity index (χ1n) is 8.06. The first-order valence-corrected chi connectivity index (χ1v) is 9.55. The van der Waals surface area contributed by atoms with Gasteiger partial charge in [-0.1, -0.05) is 6.07 Å². The van der Waals surface area contributed by atoms with Gasteiger partial charge in [-0.2, -0.15) is 0 Å². The zero-order valence-electron chi connectivity index (χ0n) is 14.1. The Bertz CT molecular complexity index is 915. The Kier molecular flexibility index (Phi) is 4.55. The van der Waals surface area contributed by atoms with Gasteiger partial charge in [0.25, 0.3) is 15.9 Å². The molecule has 1 aromatic heterocycles. The number of hydrogen-bond acceptors (Lipinski definition) is 3. The molecule has 0 aliphatic carbocycles. The average Bonchev–Trinajstić information content (AvgIpc) is 3.14. The van der Waals surface area contributed by atoms with E-state index in [1.807, 2.05) is 0 Å². The monoisotopic (exact) mass is 365 g/mol. The van der Waals surface area contributed by atoms with Crippen LogP contribution in [0.25, 0.3) is 0 Å². The van der Waals surface area contributed by atoms with Gasteiger partial charge in [0.1, 0.15) is 10.7 Å². The van der Waals surface area contributed by atoms with Gasteiger partial charge in [0, 0.05) is 24.5 Å². The van der Waals surface area contributed by atoms with Crippen molar-refractivity contribution in [2.45, 2.75) is 31.6 Å². The normalized spacial score (nSPS) is 14.8. The van der Waals surface area contributed by atoms with Crippen LogP contribution in [0.4, 0.5) is 10.1 Å². The molecular formula is C17H20FN3O3S. The first-order chi connectivity index (χ1) is 11.8. The van der Waals surface area contributed by atoms with Gasteiger partial charge in [0.2, 0.25) is 0 Å². The molecule has 3 rings (SSSR count). The highest BCUT2D eigenvalue weighted by Crippen LogP contribution is 2.28. The molecule has 2 heterocycles. The smallest absolute Gasteiger partial charge is 0.264 e. The van der Waals surface area contributed by atoms with Crippen LogP contribution in [0, 0.1) is 19.7 Å². The summed E-state index contributed by atoms with van der Waals surface area (Å²) in [5.41, 5.74) is 1.15. The molecule has 1 fully saturated rings. The lowest BCUT2D eigenvalue weighted by Gasteiger charge is -2.17. The van der Waals surface area contributed by atoms with Crippen LogP contribution in [0.15, 0.2) is 29.2 Å². The SMILES string of the molecule is Cc1[nH]c(C)c(S(=O)(=O)Nc2cccc(F)c2)c1C(=O)N1CCCC1. The molecular weight excluding hydrogens is 345 g/mol. The predicted octanol–water partition coefficient (Wildman–Crippen LogP) is 2.81. The van der Waals surface area contributed by atoms with Crippen LogP contribution in [-0.2, 0) is 10.0 Å². The van der Waals surface area contributed by atoms with Crippen LogP contribution in [0.2, 0.25) is 0 Å². The number of aryl methyl sites for hydroxylation is 2. The number of hydrogen-bond donors (Lipinski definition) is 2. The quantitative estimate of drug-likeness (QED) is 0.874. The van der Waals surface area contributed by atoms with Crippen molar-refractivity contribution in [2.24, 2.45) is 0 Å². The van der Waals surface area contributed by atoms with Gasteiger partial charge in [-0.3, -0.25) is 9.52 Å². The minimum absolute atomic E-state index is 0.0776. The van der Waals surface area contributed by atoms with Crippen LogP contribution in [0.3, 0.4) is 0 Å². The number of aromatic amines is 1. The molecule has 1 amide bonds. The van der Waals surface area contributed by atoms with Crippen LogP contribution in [0.5, 0.6) is 0 Å². The second kappa shape index (κ2) is 6.51. The number of carbonyl (C=O) groups excluding carboxylic acids is 1. The molecule has 0 spiro atoms. The lowest BCUT2D eigenvalue weighted by Crippen LogP contribution is -2.29. The third-order valence-corrected chi connectivity index (χ3v) is 5.82. The van der Waals surface area contributed by atoms with Crippen molar-refractivity contribution in [1.29, 1.82) is 0 Å². The topological polar surface area (TPSA) is 82.3 Å². The number of sulfonamides is 1. The van der Waals surface area contributed by atoms with Gasteiger partial charge in [-0.25, -0.2) is 12.8 Å². The van der Waals surface area contributed by atoms with E-state index < -0.39 is 15.8 Å². The minimum Gasteiger partial charge on any atom is -0.361 e. The third kappa shape index (κ3) is 3.39. The highest BCUT2D eigenvalue weighted by Gasteiger charge is 2.32. The van der Waals surface area contributed by atoms with Crippen LogP contribution < -0.4 is 4.72 Å². The Morgan fingerprint density at radius 2 is 1.88 bits per heavy atom. The molecule has 0 bridgehead atoms. The molecule has 2 N–H and O–H groups in total. The fourth-order valence-corrected chi connectivity index (χ4v) is 4.69. The Morgan fingerprint density at radius 1 is 1.20 bits per heavy atom. The Labute approximate surface area is 146 Å². The molecule has 134 valence electrons. The van der Waals surface area contributed by atoms with E-state index in [9.17, 15) is 17.6 Å². The van der Waals surface area contributed by atoms with E-state index in [1.165, 1.54) is 18.2 Å². The summed E-state index contributed by atoms with van der Waals surface area (Å²) in [6.45, 7) is 4.53. The van der Waals surface area contributed by atoms with Crippen molar-refractivity contribution in [3.8, 4) is 0 Å². The van der Waals surface area contributed by atoms with Gasteiger partial charge in [-0.15, -0.1) is 0 Å². The number of nitrogens with one attached hydrogen (secondary N) is 2. The van der Waals surface area contributed by atoms with Gasteiger partial charge in [0.05, 0.1) is 11.3 Å². The van der Waals surface area contributed by atoms with E-state index in [0.29, 0.717) is 24.5 Å². The summed E-state index contributed by atoms with van der Waals surface area (Å²) in [6.07, 6.45) is 1.83. The number of amides is 1. The standard InChI is InChI=1S/C17H20FN3O3S/c1-11-15(17(22)21-8-3-4-9-21)16(12(2)19-11)25(23,24)20-14-7-5-6-13(18)10-14/h5-7,10,19-20H,3-4,8-9H2,1-2H3. The molecule has 0 atom stereocenters.